The number of allylic oxidation sites excluding steroid dienone is 2. The van der Waals surface area contributed by atoms with Crippen LogP contribution in [0.25, 0.3) is 0 Å². The molecule has 4 heteroatoms. The summed E-state index contributed by atoms with van der Waals surface area (Å²) in [6.45, 7) is 2.13. The summed E-state index contributed by atoms with van der Waals surface area (Å²) in [7, 11) is 0. The molecule has 0 aromatic heterocycles. The van der Waals surface area contributed by atoms with Crippen LogP contribution in [0.3, 0.4) is 0 Å². The van der Waals surface area contributed by atoms with E-state index < -0.39 is 0 Å². The van der Waals surface area contributed by atoms with Gasteiger partial charge < -0.3 is 10.3 Å². The van der Waals surface area contributed by atoms with Gasteiger partial charge in [0.05, 0.1) is 0 Å². The summed E-state index contributed by atoms with van der Waals surface area (Å²) in [5.41, 5.74) is 2.55. The maximum Gasteiger partial charge on any atom is 0.183 e. The second-order valence-electron chi connectivity index (χ2n) is 3.82. The highest BCUT2D eigenvalue weighted by Gasteiger charge is 2.33. The zero-order valence-corrected chi connectivity index (χ0v) is 8.39. The molecule has 1 saturated heterocycles. The number of fused-ring (bicyclic) bond motifs is 1. The fourth-order valence-electron chi connectivity index (χ4n) is 2.27. The van der Waals surface area contributed by atoms with E-state index in [9.17, 15) is 0 Å². The van der Waals surface area contributed by atoms with Crippen molar-refractivity contribution in [3.8, 4) is 0 Å². The van der Waals surface area contributed by atoms with Crippen molar-refractivity contribution in [1.29, 1.82) is 0 Å². The number of hydrazine groups is 1. The van der Waals surface area contributed by atoms with Crippen molar-refractivity contribution in [2.75, 3.05) is 13.1 Å². The molecule has 0 aromatic rings. The standard InChI is InChI=1S/C9H15N3S/c10-11-9(13)12-5-7-3-1-2-4-8(7)6-12/h1-2,7-8H,3-6,10H2,(H,11,13). The van der Waals surface area contributed by atoms with Gasteiger partial charge in [-0.15, -0.1) is 0 Å². The van der Waals surface area contributed by atoms with Gasteiger partial charge in [-0.2, -0.15) is 0 Å². The second kappa shape index (κ2) is 3.64. The van der Waals surface area contributed by atoms with Crippen LogP contribution >= 0.6 is 12.2 Å². The fraction of sp³-hybridized carbons (Fsp3) is 0.667. The van der Waals surface area contributed by atoms with Crippen molar-refractivity contribution in [1.82, 2.24) is 10.3 Å². The third kappa shape index (κ3) is 1.69. The molecule has 1 aliphatic heterocycles. The zero-order valence-electron chi connectivity index (χ0n) is 7.57. The van der Waals surface area contributed by atoms with Crippen molar-refractivity contribution in [3.63, 3.8) is 0 Å². The molecule has 0 amide bonds. The van der Waals surface area contributed by atoms with Crippen LogP contribution in [0.2, 0.25) is 0 Å². The quantitative estimate of drug-likeness (QED) is 0.259. The van der Waals surface area contributed by atoms with Crippen molar-refractivity contribution in [2.45, 2.75) is 12.8 Å². The molecule has 0 radical (unpaired) electrons. The minimum absolute atomic E-state index is 0.689. The average Bonchev–Trinajstić information content (AvgIpc) is 2.59. The second-order valence-corrected chi connectivity index (χ2v) is 4.20. The van der Waals surface area contributed by atoms with Crippen molar-refractivity contribution < 1.29 is 0 Å². The highest BCUT2D eigenvalue weighted by atomic mass is 32.1. The Labute approximate surface area is 83.9 Å². The van der Waals surface area contributed by atoms with Crippen molar-refractivity contribution >= 4 is 17.3 Å². The van der Waals surface area contributed by atoms with Crippen LogP contribution in [-0.2, 0) is 0 Å². The lowest BCUT2D eigenvalue weighted by Gasteiger charge is -2.17. The first-order valence-electron chi connectivity index (χ1n) is 4.72. The molecule has 3 nitrogen and oxygen atoms in total. The lowest BCUT2D eigenvalue weighted by molar-refractivity contribution is 0.411. The molecule has 2 atom stereocenters. The Balaban J connectivity index is 1.98. The van der Waals surface area contributed by atoms with E-state index in [1.54, 1.807) is 0 Å². The molecule has 1 heterocycles. The predicted octanol–water partition coefficient (Wildman–Crippen LogP) is 0.633. The van der Waals surface area contributed by atoms with Crippen LogP contribution in [0.4, 0.5) is 0 Å². The summed E-state index contributed by atoms with van der Waals surface area (Å²) in [5.74, 6) is 6.87. The molecule has 1 aliphatic carbocycles. The number of nitrogens with two attached hydrogens (primary N) is 1. The molecule has 1 fully saturated rings. The largest absolute Gasteiger partial charge is 0.348 e. The molecule has 0 aromatic carbocycles. The van der Waals surface area contributed by atoms with Gasteiger partial charge in [-0.1, -0.05) is 12.2 Å². The third-order valence-corrected chi connectivity index (χ3v) is 3.41. The Morgan fingerprint density at radius 2 is 1.85 bits per heavy atom. The summed E-state index contributed by atoms with van der Waals surface area (Å²) in [6.07, 6.45) is 6.97. The van der Waals surface area contributed by atoms with Gasteiger partial charge in [-0.05, 0) is 36.9 Å². The predicted molar refractivity (Wildman–Crippen MR) is 56.8 cm³/mol. The lowest BCUT2D eigenvalue weighted by Crippen LogP contribution is -2.42. The van der Waals surface area contributed by atoms with Crippen LogP contribution in [-0.4, -0.2) is 23.1 Å². The normalized spacial score (nSPS) is 31.6. The van der Waals surface area contributed by atoms with Crippen LogP contribution in [0, 0.1) is 11.8 Å². The summed E-state index contributed by atoms with van der Waals surface area (Å²) >= 11 is 5.11. The first kappa shape index (κ1) is 8.97. The van der Waals surface area contributed by atoms with Gasteiger partial charge in [0.15, 0.2) is 5.11 Å². The van der Waals surface area contributed by atoms with Crippen molar-refractivity contribution in [2.24, 2.45) is 17.7 Å². The molecule has 3 N–H and O–H groups in total. The molecule has 0 bridgehead atoms. The summed E-state index contributed by atoms with van der Waals surface area (Å²) in [4.78, 5) is 2.18. The van der Waals surface area contributed by atoms with E-state index in [-0.39, 0.29) is 0 Å². The van der Waals surface area contributed by atoms with Gasteiger partial charge in [0, 0.05) is 13.1 Å². The minimum Gasteiger partial charge on any atom is -0.348 e. The Hall–Kier alpha value is -0.610. The van der Waals surface area contributed by atoms with Crippen molar-refractivity contribution in [3.05, 3.63) is 12.2 Å². The lowest BCUT2D eigenvalue weighted by atomic mass is 9.86. The summed E-state index contributed by atoms with van der Waals surface area (Å²) < 4.78 is 0. The molecule has 2 rings (SSSR count). The molecule has 2 unspecified atom stereocenters. The van der Waals surface area contributed by atoms with Crippen LogP contribution in [0.15, 0.2) is 12.2 Å². The van der Waals surface area contributed by atoms with Gasteiger partial charge in [0.1, 0.15) is 0 Å². The smallest absolute Gasteiger partial charge is 0.183 e. The minimum atomic E-state index is 0.689. The molecule has 13 heavy (non-hydrogen) atoms. The van der Waals surface area contributed by atoms with E-state index in [2.05, 4.69) is 22.5 Å². The maximum atomic E-state index is 5.29. The van der Waals surface area contributed by atoms with E-state index in [0.29, 0.717) is 5.11 Å². The Bertz CT molecular complexity index is 223. The van der Waals surface area contributed by atoms with Gasteiger partial charge in [-0.25, -0.2) is 5.84 Å². The van der Waals surface area contributed by atoms with Gasteiger partial charge in [0.25, 0.3) is 0 Å². The Morgan fingerprint density at radius 1 is 1.31 bits per heavy atom. The summed E-state index contributed by atoms with van der Waals surface area (Å²) in [6, 6.07) is 0. The molecule has 2 aliphatic rings. The van der Waals surface area contributed by atoms with E-state index in [0.717, 1.165) is 24.9 Å². The Kier molecular flexibility index (Phi) is 2.51. The topological polar surface area (TPSA) is 41.3 Å². The van der Waals surface area contributed by atoms with E-state index in [1.165, 1.54) is 12.8 Å². The van der Waals surface area contributed by atoms with Gasteiger partial charge in [0.2, 0.25) is 0 Å². The van der Waals surface area contributed by atoms with E-state index in [1.807, 2.05) is 0 Å². The molecule has 0 spiro atoms. The van der Waals surface area contributed by atoms with E-state index in [4.69, 9.17) is 18.1 Å². The zero-order chi connectivity index (χ0) is 9.26. The van der Waals surface area contributed by atoms with Gasteiger partial charge in [-0.3, -0.25) is 0 Å². The molecule has 72 valence electrons. The molecular formula is C9H15N3S. The fourth-order valence-corrected chi connectivity index (χ4v) is 2.42. The van der Waals surface area contributed by atoms with Crippen LogP contribution < -0.4 is 11.3 Å². The van der Waals surface area contributed by atoms with E-state index >= 15 is 0 Å². The number of hydrogen-bond donors (Lipinski definition) is 2. The molecule has 0 saturated carbocycles. The number of hydrogen-bond acceptors (Lipinski definition) is 2. The highest BCUT2D eigenvalue weighted by Crippen LogP contribution is 2.32. The Morgan fingerprint density at radius 3 is 2.31 bits per heavy atom. The number of nitrogens with zero attached hydrogens (tertiary/aromatic N) is 1. The highest BCUT2D eigenvalue weighted by molar-refractivity contribution is 7.80. The molecular weight excluding hydrogens is 182 g/mol. The number of rotatable bonds is 0. The number of nitrogens with one attached hydrogen (secondary N) is 1. The number of likely N-dealkylation sites (tertiary alicyclic amines) is 1. The van der Waals surface area contributed by atoms with Crippen LogP contribution in [0.1, 0.15) is 12.8 Å². The van der Waals surface area contributed by atoms with Gasteiger partial charge >= 0.3 is 0 Å². The van der Waals surface area contributed by atoms with Crippen LogP contribution in [0.5, 0.6) is 0 Å². The third-order valence-electron chi connectivity index (χ3n) is 3.03. The SMILES string of the molecule is NNC(=S)N1CC2CC=CCC2C1. The maximum absolute atomic E-state index is 5.29. The first-order chi connectivity index (χ1) is 6.31. The average molecular weight is 197 g/mol. The monoisotopic (exact) mass is 197 g/mol. The first-order valence-corrected chi connectivity index (χ1v) is 5.12. The summed E-state index contributed by atoms with van der Waals surface area (Å²) in [5, 5.41) is 0.689. The number of thiocarbonyl (C=S) groups is 1.